The largest absolute Gasteiger partial charge is 0.465 e. The minimum Gasteiger partial charge on any atom is -0.465 e. The zero-order valence-electron chi connectivity index (χ0n) is 14.7. The van der Waals surface area contributed by atoms with Gasteiger partial charge >= 0.3 is 11.9 Å². The number of hydrogen-bond acceptors (Lipinski definition) is 6. The van der Waals surface area contributed by atoms with E-state index in [0.717, 1.165) is 5.56 Å². The van der Waals surface area contributed by atoms with Crippen molar-refractivity contribution in [1.29, 1.82) is 0 Å². The molecule has 0 aromatic heterocycles. The Balaban J connectivity index is 2.22. The molecule has 0 unspecified atom stereocenters. The first-order valence-electron chi connectivity index (χ1n) is 7.92. The van der Waals surface area contributed by atoms with Crippen LogP contribution in [-0.2, 0) is 25.6 Å². The minimum absolute atomic E-state index is 0.0275. The number of benzene rings is 1. The van der Waals surface area contributed by atoms with Gasteiger partial charge in [0, 0.05) is 30.9 Å². The molecule has 1 amide bonds. The van der Waals surface area contributed by atoms with Crippen LogP contribution in [0.4, 0.5) is 5.69 Å². The highest BCUT2D eigenvalue weighted by Gasteiger charge is 2.32. The second kappa shape index (κ2) is 6.87. The number of rotatable bonds is 3. The van der Waals surface area contributed by atoms with E-state index in [1.165, 1.54) is 20.3 Å². The van der Waals surface area contributed by atoms with Crippen LogP contribution in [0.1, 0.15) is 15.9 Å². The molecular formula is C19H18N2O5. The average molecular weight is 354 g/mol. The Morgan fingerprint density at radius 3 is 2.50 bits per heavy atom. The lowest BCUT2D eigenvalue weighted by Crippen LogP contribution is -2.27. The van der Waals surface area contributed by atoms with Crippen LogP contribution in [-0.4, -0.2) is 44.0 Å². The topological polar surface area (TPSA) is 76.2 Å². The molecule has 7 nitrogen and oxygen atoms in total. The Bertz CT molecular complexity index is 882. The maximum atomic E-state index is 12.5. The standard InChI is InChI=1S/C19H18N2O5/c1-20-11-14-12(17(20)22)8-6-9-15(14)21-10-5-4-7-13(18(23)25-2)16(21)19(24)26-3/h4-10H,11H2,1-3H3. The number of allylic oxidation sites excluding steroid dienone is 2. The fourth-order valence-electron chi connectivity index (χ4n) is 3.03. The van der Waals surface area contributed by atoms with Crippen LogP contribution in [0.25, 0.3) is 0 Å². The molecule has 1 aromatic carbocycles. The molecule has 0 atom stereocenters. The van der Waals surface area contributed by atoms with E-state index >= 15 is 0 Å². The summed E-state index contributed by atoms with van der Waals surface area (Å²) in [7, 11) is 4.20. The number of esters is 2. The molecule has 2 heterocycles. The smallest absolute Gasteiger partial charge is 0.355 e. The van der Waals surface area contributed by atoms with Gasteiger partial charge in [0.2, 0.25) is 0 Å². The summed E-state index contributed by atoms with van der Waals surface area (Å²) in [6, 6.07) is 5.27. The zero-order valence-corrected chi connectivity index (χ0v) is 14.7. The summed E-state index contributed by atoms with van der Waals surface area (Å²) < 4.78 is 9.70. The van der Waals surface area contributed by atoms with Crippen molar-refractivity contribution in [3.8, 4) is 0 Å². The van der Waals surface area contributed by atoms with Crippen LogP contribution >= 0.6 is 0 Å². The molecule has 2 aliphatic rings. The zero-order chi connectivity index (χ0) is 18.8. The second-order valence-electron chi connectivity index (χ2n) is 5.78. The summed E-state index contributed by atoms with van der Waals surface area (Å²) in [5, 5.41) is 0. The Morgan fingerprint density at radius 2 is 1.81 bits per heavy atom. The first-order chi connectivity index (χ1) is 12.5. The monoisotopic (exact) mass is 354 g/mol. The summed E-state index contributed by atoms with van der Waals surface area (Å²) in [4.78, 5) is 40.1. The number of amides is 1. The lowest BCUT2D eigenvalue weighted by atomic mass is 10.1. The number of anilines is 1. The number of nitrogens with zero attached hydrogens (tertiary/aromatic N) is 2. The lowest BCUT2D eigenvalue weighted by molar-refractivity contribution is -0.139. The van der Waals surface area contributed by atoms with Gasteiger partial charge in [0.15, 0.2) is 0 Å². The third-order valence-electron chi connectivity index (χ3n) is 4.27. The van der Waals surface area contributed by atoms with Crippen molar-refractivity contribution < 1.29 is 23.9 Å². The van der Waals surface area contributed by atoms with E-state index in [2.05, 4.69) is 0 Å². The molecule has 0 bridgehead atoms. The van der Waals surface area contributed by atoms with Crippen LogP contribution in [0.3, 0.4) is 0 Å². The normalized spacial score (nSPS) is 15.9. The van der Waals surface area contributed by atoms with Crippen LogP contribution in [0.5, 0.6) is 0 Å². The summed E-state index contributed by atoms with van der Waals surface area (Å²) in [5.74, 6) is -1.43. The molecule has 26 heavy (non-hydrogen) atoms. The first-order valence-corrected chi connectivity index (χ1v) is 7.92. The number of carbonyl (C=O) groups is 3. The number of fused-ring (bicyclic) bond motifs is 1. The van der Waals surface area contributed by atoms with Crippen LogP contribution in [0.15, 0.2) is 53.9 Å². The van der Waals surface area contributed by atoms with Gasteiger partial charge in [-0.2, -0.15) is 0 Å². The van der Waals surface area contributed by atoms with E-state index in [9.17, 15) is 14.4 Å². The van der Waals surface area contributed by atoms with E-state index in [1.54, 1.807) is 53.4 Å². The molecule has 0 aliphatic carbocycles. The van der Waals surface area contributed by atoms with E-state index in [1.807, 2.05) is 0 Å². The third-order valence-corrected chi connectivity index (χ3v) is 4.27. The second-order valence-corrected chi connectivity index (χ2v) is 5.78. The van der Waals surface area contributed by atoms with Crippen molar-refractivity contribution in [2.45, 2.75) is 6.54 Å². The van der Waals surface area contributed by atoms with Gasteiger partial charge in [0.1, 0.15) is 5.70 Å². The fraction of sp³-hybridized carbons (Fsp3) is 0.211. The Kier molecular flexibility index (Phi) is 4.62. The number of hydrogen-bond donors (Lipinski definition) is 0. The molecule has 0 radical (unpaired) electrons. The lowest BCUT2D eigenvalue weighted by Gasteiger charge is -2.25. The van der Waals surface area contributed by atoms with Crippen molar-refractivity contribution in [2.75, 3.05) is 26.2 Å². The van der Waals surface area contributed by atoms with Crippen molar-refractivity contribution in [1.82, 2.24) is 4.90 Å². The van der Waals surface area contributed by atoms with Crippen molar-refractivity contribution in [3.63, 3.8) is 0 Å². The van der Waals surface area contributed by atoms with Crippen molar-refractivity contribution in [3.05, 3.63) is 65.0 Å². The molecule has 0 N–H and O–H groups in total. The quantitative estimate of drug-likeness (QED) is 0.770. The molecule has 0 fully saturated rings. The summed E-state index contributed by atoms with van der Waals surface area (Å²) in [6.45, 7) is 0.407. The third kappa shape index (κ3) is 2.77. The van der Waals surface area contributed by atoms with Crippen LogP contribution < -0.4 is 4.90 Å². The molecule has 0 spiro atoms. The summed E-state index contributed by atoms with van der Waals surface area (Å²) in [5.41, 5.74) is 2.07. The number of methoxy groups -OCH3 is 2. The molecule has 2 aliphatic heterocycles. The SMILES string of the molecule is COC(=O)C1=C(C(=O)OC)N(c2cccc3c2CN(C)C3=O)C=CC=C1. The van der Waals surface area contributed by atoms with Gasteiger partial charge in [-0.1, -0.05) is 12.1 Å². The molecular weight excluding hydrogens is 336 g/mol. The minimum atomic E-state index is -0.683. The molecule has 0 saturated heterocycles. The number of ether oxygens (including phenoxy) is 2. The molecule has 7 heteroatoms. The van der Waals surface area contributed by atoms with E-state index in [4.69, 9.17) is 9.47 Å². The summed E-state index contributed by atoms with van der Waals surface area (Å²) in [6.07, 6.45) is 6.47. The van der Waals surface area contributed by atoms with E-state index in [0.29, 0.717) is 17.8 Å². The van der Waals surface area contributed by atoms with E-state index < -0.39 is 11.9 Å². The predicted octanol–water partition coefficient (Wildman–Crippen LogP) is 1.76. The predicted molar refractivity (Wildman–Crippen MR) is 94.1 cm³/mol. The highest BCUT2D eigenvalue weighted by atomic mass is 16.5. The van der Waals surface area contributed by atoms with Crippen LogP contribution in [0.2, 0.25) is 0 Å². The van der Waals surface area contributed by atoms with E-state index in [-0.39, 0.29) is 17.2 Å². The van der Waals surface area contributed by atoms with Crippen molar-refractivity contribution in [2.24, 2.45) is 0 Å². The molecule has 0 saturated carbocycles. The fourth-order valence-corrected chi connectivity index (χ4v) is 3.03. The Labute approximate surface area is 150 Å². The Hall–Kier alpha value is -3.35. The molecule has 134 valence electrons. The highest BCUT2D eigenvalue weighted by molar-refractivity contribution is 6.06. The molecule has 1 aromatic rings. The van der Waals surface area contributed by atoms with Gasteiger partial charge in [0.05, 0.1) is 25.5 Å². The van der Waals surface area contributed by atoms with Gasteiger partial charge in [-0.3, -0.25) is 4.79 Å². The van der Waals surface area contributed by atoms with Crippen LogP contribution in [0, 0.1) is 0 Å². The van der Waals surface area contributed by atoms with Crippen molar-refractivity contribution >= 4 is 23.5 Å². The van der Waals surface area contributed by atoms with Gasteiger partial charge in [-0.05, 0) is 24.3 Å². The first kappa shape index (κ1) is 17.5. The highest BCUT2D eigenvalue weighted by Crippen LogP contribution is 2.35. The maximum Gasteiger partial charge on any atom is 0.355 e. The Morgan fingerprint density at radius 1 is 1.08 bits per heavy atom. The van der Waals surface area contributed by atoms with Gasteiger partial charge in [-0.25, -0.2) is 9.59 Å². The molecule has 3 rings (SSSR count). The van der Waals surface area contributed by atoms with Gasteiger partial charge < -0.3 is 19.3 Å². The van der Waals surface area contributed by atoms with Gasteiger partial charge in [0.25, 0.3) is 5.91 Å². The average Bonchev–Trinajstić information content (AvgIpc) is 2.84. The van der Waals surface area contributed by atoms with Gasteiger partial charge in [-0.15, -0.1) is 0 Å². The summed E-state index contributed by atoms with van der Waals surface area (Å²) >= 11 is 0. The number of carbonyl (C=O) groups excluding carboxylic acids is 3. The maximum absolute atomic E-state index is 12.5.